The highest BCUT2D eigenvalue weighted by atomic mass is 16.6. The van der Waals surface area contributed by atoms with Crippen molar-refractivity contribution in [1.82, 2.24) is 0 Å². The van der Waals surface area contributed by atoms with Crippen LogP contribution in [0, 0.1) is 22.7 Å². The molecule has 174 valence electrons. The number of furan rings is 1. The summed E-state index contributed by atoms with van der Waals surface area (Å²) >= 11 is 0. The van der Waals surface area contributed by atoms with Gasteiger partial charge in [0.15, 0.2) is 0 Å². The van der Waals surface area contributed by atoms with Gasteiger partial charge in [0, 0.05) is 25.8 Å². The van der Waals surface area contributed by atoms with Crippen LogP contribution in [0.3, 0.4) is 0 Å². The maximum absolute atomic E-state index is 13.6. The highest BCUT2D eigenvalue weighted by Gasteiger charge is 2.79. The minimum atomic E-state index is -0.883. The van der Waals surface area contributed by atoms with Crippen LogP contribution >= 0.6 is 0 Å². The Morgan fingerprint density at radius 2 is 2.03 bits per heavy atom. The number of epoxide rings is 1. The Bertz CT molecular complexity index is 918. The standard InChI is InChI=1S/C24H30O8/c1-14-9-20(32-16(3)26)24-13-29-21(27)23(14,19(24)5-4-7-22(24)12-30-22)10-18(31-15(2)25)17-6-8-28-11-17/h6,8,11,14,18-20H,4-5,7,9-10,12-13H2,1-3H3/t14-,18-,19-,20+,22+,23-,24+/m1/s1. The van der Waals surface area contributed by atoms with E-state index in [0.717, 1.165) is 19.3 Å². The predicted molar refractivity (Wildman–Crippen MR) is 109 cm³/mol. The molecule has 4 aliphatic rings. The Kier molecular flexibility index (Phi) is 4.93. The Balaban J connectivity index is 1.61. The summed E-state index contributed by atoms with van der Waals surface area (Å²) in [6, 6.07) is 1.76. The Labute approximate surface area is 186 Å². The van der Waals surface area contributed by atoms with Gasteiger partial charge < -0.3 is 23.4 Å². The van der Waals surface area contributed by atoms with E-state index in [0.29, 0.717) is 25.0 Å². The number of cyclic esters (lactones) is 1. The van der Waals surface area contributed by atoms with Crippen molar-refractivity contribution in [1.29, 1.82) is 0 Å². The number of esters is 3. The molecule has 3 heterocycles. The Morgan fingerprint density at radius 3 is 2.66 bits per heavy atom. The highest BCUT2D eigenvalue weighted by molar-refractivity contribution is 5.80. The van der Waals surface area contributed by atoms with Gasteiger partial charge in [-0.2, -0.15) is 0 Å². The smallest absolute Gasteiger partial charge is 0.312 e. The van der Waals surface area contributed by atoms with E-state index >= 15 is 0 Å². The summed E-state index contributed by atoms with van der Waals surface area (Å²) < 4.78 is 28.8. The predicted octanol–water partition coefficient (Wildman–Crippen LogP) is 3.34. The largest absolute Gasteiger partial charge is 0.472 e. The van der Waals surface area contributed by atoms with Crippen LogP contribution in [0.15, 0.2) is 23.0 Å². The molecule has 8 nitrogen and oxygen atoms in total. The molecule has 1 aromatic rings. The number of rotatable bonds is 5. The van der Waals surface area contributed by atoms with Crippen LogP contribution in [-0.4, -0.2) is 42.8 Å². The number of carbonyl (C=O) groups excluding carboxylic acids is 3. The zero-order valence-electron chi connectivity index (χ0n) is 18.8. The second-order valence-electron chi connectivity index (χ2n) is 9.98. The monoisotopic (exact) mass is 446 g/mol. The third-order valence-corrected chi connectivity index (χ3v) is 8.56. The van der Waals surface area contributed by atoms with Crippen LogP contribution in [0.1, 0.15) is 64.5 Å². The van der Waals surface area contributed by atoms with E-state index in [4.69, 9.17) is 23.4 Å². The summed E-state index contributed by atoms with van der Waals surface area (Å²) in [7, 11) is 0. The summed E-state index contributed by atoms with van der Waals surface area (Å²) in [5.74, 6) is -1.26. The molecule has 0 N–H and O–H groups in total. The van der Waals surface area contributed by atoms with Gasteiger partial charge in [-0.15, -0.1) is 0 Å². The first kappa shape index (κ1) is 21.5. The molecular weight excluding hydrogens is 416 g/mol. The van der Waals surface area contributed by atoms with Gasteiger partial charge in [0.1, 0.15) is 24.4 Å². The first-order valence-corrected chi connectivity index (χ1v) is 11.4. The van der Waals surface area contributed by atoms with E-state index in [1.54, 1.807) is 12.3 Å². The van der Waals surface area contributed by atoms with Crippen LogP contribution in [-0.2, 0) is 33.3 Å². The first-order valence-electron chi connectivity index (χ1n) is 11.4. The van der Waals surface area contributed by atoms with Gasteiger partial charge in [0.25, 0.3) is 0 Å². The molecule has 5 rings (SSSR count). The normalized spacial score (nSPS) is 40.7. The van der Waals surface area contributed by atoms with Gasteiger partial charge in [-0.1, -0.05) is 13.3 Å². The van der Waals surface area contributed by atoms with Crippen molar-refractivity contribution in [3.8, 4) is 0 Å². The summed E-state index contributed by atoms with van der Waals surface area (Å²) in [4.78, 5) is 37.6. The van der Waals surface area contributed by atoms with E-state index in [-0.39, 0.29) is 36.5 Å². The lowest BCUT2D eigenvalue weighted by Gasteiger charge is -2.65. The second-order valence-corrected chi connectivity index (χ2v) is 9.98. The van der Waals surface area contributed by atoms with Crippen LogP contribution in [0.25, 0.3) is 0 Å². The minimum Gasteiger partial charge on any atom is -0.472 e. The molecule has 2 saturated heterocycles. The zero-order valence-corrected chi connectivity index (χ0v) is 18.8. The average Bonchev–Trinajstić information content (AvgIpc) is 3.29. The van der Waals surface area contributed by atoms with Crippen LogP contribution in [0.2, 0.25) is 0 Å². The fraction of sp³-hybridized carbons (Fsp3) is 0.708. The molecule has 0 radical (unpaired) electrons. The lowest BCUT2D eigenvalue weighted by molar-refractivity contribution is -0.267. The summed E-state index contributed by atoms with van der Waals surface area (Å²) in [5.41, 5.74) is -1.20. The van der Waals surface area contributed by atoms with Crippen molar-refractivity contribution in [3.05, 3.63) is 24.2 Å². The maximum atomic E-state index is 13.6. The molecule has 2 bridgehead atoms. The third-order valence-electron chi connectivity index (χ3n) is 8.56. The zero-order chi connectivity index (χ0) is 22.7. The van der Waals surface area contributed by atoms with Crippen molar-refractivity contribution < 1.29 is 37.7 Å². The number of hydrogen-bond acceptors (Lipinski definition) is 8. The van der Waals surface area contributed by atoms with Gasteiger partial charge in [-0.3, -0.25) is 14.4 Å². The topological polar surface area (TPSA) is 105 Å². The van der Waals surface area contributed by atoms with Gasteiger partial charge in [0.05, 0.1) is 30.0 Å². The summed E-state index contributed by atoms with van der Waals surface area (Å²) in [6.07, 6.45) is 5.47. The van der Waals surface area contributed by atoms with E-state index in [1.807, 2.05) is 6.92 Å². The molecule has 2 aliphatic carbocycles. The molecule has 1 aromatic heterocycles. The third kappa shape index (κ3) is 2.87. The second kappa shape index (κ2) is 7.33. The molecule has 8 heteroatoms. The maximum Gasteiger partial charge on any atom is 0.312 e. The number of carbonyl (C=O) groups is 3. The molecule has 0 amide bonds. The van der Waals surface area contributed by atoms with Crippen molar-refractivity contribution in [3.63, 3.8) is 0 Å². The summed E-state index contributed by atoms with van der Waals surface area (Å²) in [5, 5.41) is 0. The molecule has 32 heavy (non-hydrogen) atoms. The molecular formula is C24H30O8. The minimum absolute atomic E-state index is 0.106. The lowest BCUT2D eigenvalue weighted by atomic mass is 9.41. The van der Waals surface area contributed by atoms with Gasteiger partial charge in [0.2, 0.25) is 0 Å². The van der Waals surface area contributed by atoms with Crippen LogP contribution < -0.4 is 0 Å². The molecule has 0 unspecified atom stereocenters. The number of hydrogen-bond donors (Lipinski definition) is 0. The molecule has 1 spiro atoms. The van der Waals surface area contributed by atoms with Crippen molar-refractivity contribution in [2.45, 2.75) is 70.7 Å². The number of ether oxygens (including phenoxy) is 4. The summed E-state index contributed by atoms with van der Waals surface area (Å²) in [6.45, 7) is 5.57. The Morgan fingerprint density at radius 1 is 1.25 bits per heavy atom. The molecule has 0 aromatic carbocycles. The van der Waals surface area contributed by atoms with E-state index < -0.39 is 28.5 Å². The lowest BCUT2D eigenvalue weighted by Crippen LogP contribution is -2.72. The van der Waals surface area contributed by atoms with Crippen LogP contribution in [0.5, 0.6) is 0 Å². The van der Waals surface area contributed by atoms with E-state index in [9.17, 15) is 14.4 Å². The van der Waals surface area contributed by atoms with Gasteiger partial charge >= 0.3 is 17.9 Å². The molecule has 7 atom stereocenters. The van der Waals surface area contributed by atoms with Gasteiger partial charge in [-0.05, 0) is 37.2 Å². The fourth-order valence-corrected chi connectivity index (χ4v) is 7.18. The van der Waals surface area contributed by atoms with Crippen LogP contribution in [0.4, 0.5) is 0 Å². The molecule has 4 fully saturated rings. The Hall–Kier alpha value is -2.35. The SMILES string of the molecule is CC(=O)O[C@H]1C[C@@H](C)[C@@]2(C[C@@H](OC(C)=O)c3ccoc3)C(=O)OC[C@]13[C@@H]2CCC[C@]31CO1. The van der Waals surface area contributed by atoms with Gasteiger partial charge in [-0.25, -0.2) is 0 Å². The van der Waals surface area contributed by atoms with Crippen molar-refractivity contribution >= 4 is 17.9 Å². The molecule has 2 saturated carbocycles. The molecule has 2 aliphatic heterocycles. The van der Waals surface area contributed by atoms with Crippen molar-refractivity contribution in [2.75, 3.05) is 13.2 Å². The fourth-order valence-electron chi connectivity index (χ4n) is 7.18. The van der Waals surface area contributed by atoms with E-state index in [1.165, 1.54) is 20.1 Å². The highest BCUT2D eigenvalue weighted by Crippen LogP contribution is 2.71. The van der Waals surface area contributed by atoms with Crippen molar-refractivity contribution in [2.24, 2.45) is 22.7 Å². The van der Waals surface area contributed by atoms with E-state index in [2.05, 4.69) is 0 Å². The quantitative estimate of drug-likeness (QED) is 0.385. The average molecular weight is 446 g/mol. The first-order chi connectivity index (χ1) is 15.2.